The van der Waals surface area contributed by atoms with Crippen LogP contribution in [0.1, 0.15) is 54.5 Å². The molecule has 1 saturated heterocycles. The van der Waals surface area contributed by atoms with Gasteiger partial charge in [-0.05, 0) is 42.7 Å². The number of carbonyl (C=O) groups is 2. The molecule has 0 bridgehead atoms. The van der Waals surface area contributed by atoms with Gasteiger partial charge in [0.1, 0.15) is 11.2 Å². The number of esters is 1. The van der Waals surface area contributed by atoms with Crippen molar-refractivity contribution in [3.8, 4) is 11.8 Å². The molecule has 178 valence electrons. The first kappa shape index (κ1) is 24.1. The van der Waals surface area contributed by atoms with Crippen LogP contribution in [0.4, 0.5) is 5.69 Å². The molecule has 1 amide bonds. The summed E-state index contributed by atoms with van der Waals surface area (Å²) >= 11 is 5.63. The minimum absolute atomic E-state index is 0.0583. The number of para-hydroxylation sites is 1. The van der Waals surface area contributed by atoms with E-state index in [-0.39, 0.29) is 17.3 Å². The van der Waals surface area contributed by atoms with Crippen molar-refractivity contribution in [1.29, 1.82) is 5.26 Å². The lowest BCUT2D eigenvalue weighted by Gasteiger charge is -2.39. The second kappa shape index (κ2) is 10.1. The number of ether oxygens (including phenoxy) is 1. The third-order valence-corrected chi connectivity index (χ3v) is 6.21. The Balaban J connectivity index is 1.86. The molecule has 1 aromatic heterocycles. The van der Waals surface area contributed by atoms with Crippen molar-refractivity contribution in [2.75, 3.05) is 11.5 Å². The van der Waals surface area contributed by atoms with Crippen molar-refractivity contribution in [2.45, 2.75) is 32.9 Å². The van der Waals surface area contributed by atoms with Crippen LogP contribution in [-0.2, 0) is 9.53 Å². The summed E-state index contributed by atoms with van der Waals surface area (Å²) in [7, 11) is 0. The molecule has 35 heavy (non-hydrogen) atoms. The molecule has 0 unspecified atom stereocenters. The van der Waals surface area contributed by atoms with E-state index in [2.05, 4.69) is 24.3 Å². The van der Waals surface area contributed by atoms with Crippen molar-refractivity contribution in [1.82, 2.24) is 15.1 Å². The highest BCUT2D eigenvalue weighted by Gasteiger charge is 2.42. The zero-order valence-corrected chi connectivity index (χ0v) is 20.5. The fourth-order valence-corrected chi connectivity index (χ4v) is 4.32. The number of nitrogens with one attached hydrogen (secondary N) is 1. The second-order valence-corrected chi connectivity index (χ2v) is 8.78. The van der Waals surface area contributed by atoms with E-state index < -0.39 is 24.0 Å². The van der Waals surface area contributed by atoms with Gasteiger partial charge in [-0.1, -0.05) is 56.4 Å². The third kappa shape index (κ3) is 4.66. The minimum Gasteiger partial charge on any atom is -0.461 e. The van der Waals surface area contributed by atoms with Crippen LogP contribution >= 0.6 is 12.2 Å². The summed E-state index contributed by atoms with van der Waals surface area (Å²) in [5.74, 6) is -1.95. The van der Waals surface area contributed by atoms with E-state index in [1.165, 1.54) is 0 Å². The second-order valence-electron chi connectivity index (χ2n) is 8.36. The molecule has 0 spiro atoms. The molecule has 0 radical (unpaired) electrons. The first-order chi connectivity index (χ1) is 16.8. The van der Waals surface area contributed by atoms with Gasteiger partial charge in [0, 0.05) is 17.4 Å². The molecule has 2 aromatic carbocycles. The van der Waals surface area contributed by atoms with Crippen molar-refractivity contribution < 1.29 is 14.3 Å². The van der Waals surface area contributed by atoms with E-state index in [0.29, 0.717) is 17.2 Å². The monoisotopic (exact) mass is 487 g/mol. The van der Waals surface area contributed by atoms with Crippen LogP contribution in [0.2, 0.25) is 0 Å². The Hall–Kier alpha value is -4.03. The molecule has 9 heteroatoms. The van der Waals surface area contributed by atoms with Gasteiger partial charge in [0.05, 0.1) is 18.4 Å². The van der Waals surface area contributed by atoms with Crippen LogP contribution in [0.3, 0.4) is 0 Å². The van der Waals surface area contributed by atoms with Crippen LogP contribution < -0.4 is 10.2 Å². The number of benzene rings is 2. The molecule has 1 fully saturated rings. The fourth-order valence-electron chi connectivity index (χ4n) is 3.95. The van der Waals surface area contributed by atoms with E-state index in [1.54, 1.807) is 22.7 Å². The Kier molecular flexibility index (Phi) is 6.94. The molecule has 3 aromatic rings. The summed E-state index contributed by atoms with van der Waals surface area (Å²) in [6, 6.07) is 19.0. The number of hydrogen-bond donors (Lipinski definition) is 1. The lowest BCUT2D eigenvalue weighted by Crippen LogP contribution is -2.56. The van der Waals surface area contributed by atoms with Crippen LogP contribution in [-0.4, -0.2) is 33.3 Å². The topological polar surface area (TPSA) is 100 Å². The summed E-state index contributed by atoms with van der Waals surface area (Å²) in [4.78, 5) is 27.6. The first-order valence-electron chi connectivity index (χ1n) is 11.3. The van der Waals surface area contributed by atoms with Gasteiger partial charge in [-0.15, -0.1) is 0 Å². The predicted molar refractivity (Wildman–Crippen MR) is 135 cm³/mol. The maximum Gasteiger partial charge on any atom is 0.359 e. The molecule has 1 aliphatic rings. The first-order valence-corrected chi connectivity index (χ1v) is 11.7. The predicted octanol–water partition coefficient (Wildman–Crippen LogP) is 4.27. The average Bonchev–Trinajstić information content (AvgIpc) is 3.30. The normalized spacial score (nSPS) is 17.7. The van der Waals surface area contributed by atoms with Gasteiger partial charge >= 0.3 is 5.97 Å². The highest BCUT2D eigenvalue weighted by molar-refractivity contribution is 7.80. The highest BCUT2D eigenvalue weighted by Crippen LogP contribution is 2.34. The minimum atomic E-state index is -1.14. The molecule has 0 aliphatic carbocycles. The Morgan fingerprint density at radius 3 is 2.46 bits per heavy atom. The largest absolute Gasteiger partial charge is 0.461 e. The van der Waals surface area contributed by atoms with Gasteiger partial charge in [-0.3, -0.25) is 4.79 Å². The van der Waals surface area contributed by atoms with Crippen LogP contribution in [0.25, 0.3) is 5.69 Å². The number of nitriles is 1. The van der Waals surface area contributed by atoms with E-state index in [0.717, 1.165) is 11.3 Å². The van der Waals surface area contributed by atoms with E-state index >= 15 is 0 Å². The lowest BCUT2D eigenvalue weighted by molar-refractivity contribution is -0.123. The summed E-state index contributed by atoms with van der Waals surface area (Å²) in [6.07, 6.45) is 0.818. The Morgan fingerprint density at radius 2 is 1.86 bits per heavy atom. The summed E-state index contributed by atoms with van der Waals surface area (Å²) in [5.41, 5.74) is 3.03. The summed E-state index contributed by atoms with van der Waals surface area (Å²) in [6.45, 7) is 6.07. The number of rotatable bonds is 6. The Bertz CT molecular complexity index is 1290. The molecule has 8 nitrogen and oxygen atoms in total. The number of nitrogens with zero attached hydrogens (tertiary/aromatic N) is 4. The molecule has 1 aliphatic heterocycles. The van der Waals surface area contributed by atoms with Crippen molar-refractivity contribution in [3.05, 3.63) is 77.6 Å². The smallest absolute Gasteiger partial charge is 0.359 e. The van der Waals surface area contributed by atoms with Gasteiger partial charge in [-0.25, -0.2) is 9.48 Å². The molecule has 2 atom stereocenters. The van der Waals surface area contributed by atoms with Gasteiger partial charge in [0.2, 0.25) is 5.91 Å². The number of hydrogen-bond acceptors (Lipinski definition) is 6. The number of carbonyl (C=O) groups excluding carboxylic acids is 2. The number of amides is 1. The molecular formula is C26H25N5O3S. The highest BCUT2D eigenvalue weighted by atomic mass is 32.1. The van der Waals surface area contributed by atoms with Gasteiger partial charge in [-0.2, -0.15) is 10.4 Å². The van der Waals surface area contributed by atoms with E-state index in [9.17, 15) is 14.9 Å². The number of anilines is 1. The number of thiocarbonyl (C=S) groups is 1. The van der Waals surface area contributed by atoms with Crippen molar-refractivity contribution >= 4 is 34.8 Å². The van der Waals surface area contributed by atoms with E-state index in [1.807, 2.05) is 60.7 Å². The van der Waals surface area contributed by atoms with Crippen molar-refractivity contribution in [3.63, 3.8) is 0 Å². The summed E-state index contributed by atoms with van der Waals surface area (Å²) in [5, 5.41) is 17.0. The molecule has 1 N–H and O–H groups in total. The van der Waals surface area contributed by atoms with E-state index in [4.69, 9.17) is 17.0 Å². The van der Waals surface area contributed by atoms with Crippen LogP contribution in [0, 0.1) is 17.2 Å². The zero-order chi connectivity index (χ0) is 25.1. The zero-order valence-electron chi connectivity index (χ0n) is 19.6. The Morgan fingerprint density at radius 1 is 1.17 bits per heavy atom. The van der Waals surface area contributed by atoms with Gasteiger partial charge < -0.3 is 15.0 Å². The van der Waals surface area contributed by atoms with Gasteiger partial charge in [0.15, 0.2) is 11.6 Å². The standard InChI is InChI=1S/C26H25N5O3S/c1-4-34-26(33)22-21(15-30(29-22)18-8-6-5-7-9-18)23-28-24(32)20(14-27)25(35)31(23)19-12-10-17(11-13-19)16(2)3/h5-13,15-16,20,23H,4H2,1-3H3,(H,28,32)/t20-,23+/m0/s1. The molecule has 2 heterocycles. The fraction of sp³-hybridized carbons (Fsp3) is 0.269. The quantitative estimate of drug-likeness (QED) is 0.409. The molecule has 0 saturated carbocycles. The molecule has 4 rings (SSSR count). The maximum atomic E-state index is 12.9. The van der Waals surface area contributed by atoms with Crippen LogP contribution in [0.15, 0.2) is 60.8 Å². The summed E-state index contributed by atoms with van der Waals surface area (Å²) < 4.78 is 6.82. The lowest BCUT2D eigenvalue weighted by atomic mass is 9.99. The van der Waals surface area contributed by atoms with Crippen molar-refractivity contribution in [2.24, 2.45) is 5.92 Å². The number of aromatic nitrogens is 2. The molecular weight excluding hydrogens is 462 g/mol. The average molecular weight is 488 g/mol. The Labute approximate surface area is 209 Å². The third-order valence-electron chi connectivity index (χ3n) is 5.78. The van der Waals surface area contributed by atoms with Crippen LogP contribution in [0.5, 0.6) is 0 Å². The SMILES string of the molecule is CCOC(=O)c1nn(-c2ccccc2)cc1[C@@H]1NC(=O)[C@H](C#N)C(=S)N1c1ccc(C(C)C)cc1. The van der Waals surface area contributed by atoms with Gasteiger partial charge in [0.25, 0.3) is 0 Å². The maximum absolute atomic E-state index is 12.9.